The number of aryl methyl sites for hydroxylation is 1. The topological polar surface area (TPSA) is 131 Å². The fourth-order valence-corrected chi connectivity index (χ4v) is 5.72. The van der Waals surface area contributed by atoms with Crippen molar-refractivity contribution < 1.29 is 23.1 Å². The van der Waals surface area contributed by atoms with Gasteiger partial charge in [-0.2, -0.15) is 0 Å². The maximum absolute atomic E-state index is 13.1. The zero-order valence-electron chi connectivity index (χ0n) is 18.4. The van der Waals surface area contributed by atoms with E-state index in [0.717, 1.165) is 4.47 Å². The lowest BCUT2D eigenvalue weighted by atomic mass is 10.1. The van der Waals surface area contributed by atoms with Gasteiger partial charge in [0.25, 0.3) is 15.9 Å². The van der Waals surface area contributed by atoms with Crippen LogP contribution in [0.5, 0.6) is 11.5 Å². The van der Waals surface area contributed by atoms with Gasteiger partial charge in [-0.3, -0.25) is 19.8 Å². The fraction of sp³-hybridized carbons (Fsp3) is 0.0870. The maximum Gasteiger partial charge on any atom is 0.276 e. The molecular formula is C23H19BrN4O5S2. The van der Waals surface area contributed by atoms with Crippen molar-refractivity contribution in [2.75, 3.05) is 17.1 Å². The Hall–Kier alpha value is -3.48. The number of aromatic nitrogens is 2. The number of nitrogens with zero attached hydrogens (tertiary/aromatic N) is 2. The summed E-state index contributed by atoms with van der Waals surface area (Å²) >= 11 is 4.52. The van der Waals surface area contributed by atoms with E-state index in [0.29, 0.717) is 21.3 Å². The highest BCUT2D eigenvalue weighted by molar-refractivity contribution is 9.10. The Labute approximate surface area is 214 Å². The first-order chi connectivity index (χ1) is 16.7. The minimum absolute atomic E-state index is 0.0202. The molecule has 12 heteroatoms. The quantitative estimate of drug-likeness (QED) is 0.263. The number of halogens is 1. The lowest BCUT2D eigenvalue weighted by Crippen LogP contribution is -2.14. The molecule has 0 aliphatic carbocycles. The first-order valence-corrected chi connectivity index (χ1v) is 13.2. The number of ether oxygens (including phenoxy) is 1. The third-order valence-electron chi connectivity index (χ3n) is 4.81. The molecule has 0 atom stereocenters. The molecule has 0 saturated heterocycles. The number of aromatic hydroxyl groups is 1. The highest BCUT2D eigenvalue weighted by Crippen LogP contribution is 2.37. The zero-order valence-corrected chi connectivity index (χ0v) is 21.7. The Bertz CT molecular complexity index is 1500. The van der Waals surface area contributed by atoms with Crippen molar-refractivity contribution in [3.63, 3.8) is 0 Å². The second-order valence-corrected chi connectivity index (χ2v) is 10.8. The second kappa shape index (κ2) is 10.0. The van der Waals surface area contributed by atoms with E-state index in [1.165, 1.54) is 55.0 Å². The van der Waals surface area contributed by atoms with E-state index < -0.39 is 15.9 Å². The smallest absolute Gasteiger partial charge is 0.276 e. The van der Waals surface area contributed by atoms with E-state index in [2.05, 4.69) is 35.9 Å². The molecule has 2 aromatic carbocycles. The van der Waals surface area contributed by atoms with Crippen LogP contribution in [0.4, 0.5) is 10.8 Å². The molecule has 35 heavy (non-hydrogen) atoms. The van der Waals surface area contributed by atoms with E-state index in [9.17, 15) is 18.3 Å². The van der Waals surface area contributed by atoms with Crippen molar-refractivity contribution in [2.45, 2.75) is 11.8 Å². The number of phenols is 1. The first kappa shape index (κ1) is 24.6. The van der Waals surface area contributed by atoms with Crippen molar-refractivity contribution in [3.05, 3.63) is 76.7 Å². The molecule has 0 spiro atoms. The van der Waals surface area contributed by atoms with E-state index in [1.54, 1.807) is 31.2 Å². The highest BCUT2D eigenvalue weighted by Gasteiger charge is 2.22. The molecule has 4 aromatic rings. The Morgan fingerprint density at radius 1 is 1.11 bits per heavy atom. The number of benzene rings is 2. The molecule has 0 radical (unpaired) electrons. The minimum atomic E-state index is -4.02. The predicted octanol–water partition coefficient (Wildman–Crippen LogP) is 5.04. The molecule has 1 amide bonds. The van der Waals surface area contributed by atoms with E-state index in [1.807, 2.05) is 0 Å². The number of nitrogens with one attached hydrogen (secondary N) is 2. The summed E-state index contributed by atoms with van der Waals surface area (Å²) in [5.41, 5.74) is 1.72. The molecule has 3 N–H and O–H groups in total. The molecule has 0 aliphatic rings. The molecule has 2 aromatic heterocycles. The van der Waals surface area contributed by atoms with Gasteiger partial charge in [0.1, 0.15) is 22.1 Å². The molecular weight excluding hydrogens is 556 g/mol. The summed E-state index contributed by atoms with van der Waals surface area (Å²) in [6, 6.07) is 13.7. The highest BCUT2D eigenvalue weighted by atomic mass is 79.9. The number of amides is 1. The van der Waals surface area contributed by atoms with Crippen LogP contribution in [0, 0.1) is 6.92 Å². The lowest BCUT2D eigenvalue weighted by Gasteiger charge is -2.13. The van der Waals surface area contributed by atoms with Crippen LogP contribution in [0.3, 0.4) is 0 Å². The van der Waals surface area contributed by atoms with Gasteiger partial charge in [0.05, 0.1) is 17.7 Å². The summed E-state index contributed by atoms with van der Waals surface area (Å²) in [5, 5.41) is 12.5. The van der Waals surface area contributed by atoms with Gasteiger partial charge in [-0.1, -0.05) is 27.3 Å². The average Bonchev–Trinajstić information content (AvgIpc) is 3.19. The Morgan fingerprint density at radius 3 is 2.54 bits per heavy atom. The number of carbonyl (C=O) groups excluding carboxylic acids is 1. The Morgan fingerprint density at radius 2 is 1.86 bits per heavy atom. The van der Waals surface area contributed by atoms with Crippen LogP contribution in [-0.2, 0) is 10.0 Å². The molecule has 180 valence electrons. The predicted molar refractivity (Wildman–Crippen MR) is 138 cm³/mol. The fourth-order valence-electron chi connectivity index (χ4n) is 3.18. The van der Waals surface area contributed by atoms with Gasteiger partial charge in [-0.25, -0.2) is 13.4 Å². The third kappa shape index (κ3) is 5.61. The number of phenolic OH excluding ortho intramolecular Hbond substituents is 1. The molecule has 0 fully saturated rings. The van der Waals surface area contributed by atoms with Crippen LogP contribution < -0.4 is 14.8 Å². The largest absolute Gasteiger partial charge is 0.508 e. The molecule has 0 unspecified atom stereocenters. The van der Waals surface area contributed by atoms with Crippen LogP contribution in [0.25, 0.3) is 10.4 Å². The van der Waals surface area contributed by atoms with Crippen molar-refractivity contribution in [2.24, 2.45) is 0 Å². The second-order valence-electron chi connectivity index (χ2n) is 7.26. The van der Waals surface area contributed by atoms with Gasteiger partial charge < -0.3 is 9.84 Å². The number of hydrogen-bond acceptors (Lipinski definition) is 8. The van der Waals surface area contributed by atoms with Crippen LogP contribution in [0.2, 0.25) is 0 Å². The van der Waals surface area contributed by atoms with Gasteiger partial charge >= 0.3 is 0 Å². The number of thiazole rings is 1. The minimum Gasteiger partial charge on any atom is -0.508 e. The summed E-state index contributed by atoms with van der Waals surface area (Å²) in [4.78, 5) is 21.6. The molecule has 0 saturated carbocycles. The number of carbonyl (C=O) groups is 1. The summed E-state index contributed by atoms with van der Waals surface area (Å²) in [6.45, 7) is 1.77. The van der Waals surface area contributed by atoms with Crippen molar-refractivity contribution in [1.82, 2.24) is 9.97 Å². The molecule has 2 heterocycles. The maximum atomic E-state index is 13.1. The number of rotatable bonds is 7. The summed E-state index contributed by atoms with van der Waals surface area (Å²) in [7, 11) is -2.63. The average molecular weight is 575 g/mol. The number of hydrogen-bond donors (Lipinski definition) is 3. The normalized spacial score (nSPS) is 11.2. The third-order valence-corrected chi connectivity index (χ3v) is 7.82. The van der Waals surface area contributed by atoms with Gasteiger partial charge in [0, 0.05) is 16.4 Å². The number of anilines is 2. The lowest BCUT2D eigenvalue weighted by molar-refractivity contribution is 0.102. The standard InChI is InChI=1S/C23H19BrN4O5S2/c1-13-21(34-23(26-13)27-22(30)18-12-15(24)9-10-25-18)14-3-8-19(33-2)20(11-14)35(31,32)28-16-4-6-17(29)7-5-16/h3-12,28-29H,1-2H3,(H,26,27,30). The summed E-state index contributed by atoms with van der Waals surface area (Å²) < 4.78 is 34.8. The van der Waals surface area contributed by atoms with Crippen molar-refractivity contribution >= 4 is 54.0 Å². The number of pyridine rings is 1. The van der Waals surface area contributed by atoms with Crippen LogP contribution >= 0.6 is 27.3 Å². The molecule has 4 rings (SSSR count). The van der Waals surface area contributed by atoms with Crippen molar-refractivity contribution in [3.8, 4) is 21.9 Å². The molecule has 0 bridgehead atoms. The monoisotopic (exact) mass is 574 g/mol. The van der Waals surface area contributed by atoms with Gasteiger partial charge in [-0.05, 0) is 67.1 Å². The Balaban J connectivity index is 1.64. The number of sulfonamides is 1. The number of methoxy groups -OCH3 is 1. The zero-order chi connectivity index (χ0) is 25.2. The molecule has 0 aliphatic heterocycles. The van der Waals surface area contributed by atoms with Crippen LogP contribution in [0.1, 0.15) is 16.2 Å². The first-order valence-electron chi connectivity index (χ1n) is 10.1. The van der Waals surface area contributed by atoms with Gasteiger partial charge in [0.15, 0.2) is 5.13 Å². The Kier molecular flexibility index (Phi) is 7.05. The molecule has 9 nitrogen and oxygen atoms in total. The van der Waals surface area contributed by atoms with Crippen LogP contribution in [0.15, 0.2) is 70.2 Å². The van der Waals surface area contributed by atoms with Crippen molar-refractivity contribution in [1.29, 1.82) is 0 Å². The summed E-state index contributed by atoms with van der Waals surface area (Å²) in [6.07, 6.45) is 1.52. The van der Waals surface area contributed by atoms with Crippen LogP contribution in [-0.4, -0.2) is 36.5 Å². The van der Waals surface area contributed by atoms with E-state index in [4.69, 9.17) is 4.74 Å². The van der Waals surface area contributed by atoms with E-state index >= 15 is 0 Å². The SMILES string of the molecule is COc1ccc(-c2sc(NC(=O)c3cc(Br)ccn3)nc2C)cc1S(=O)(=O)Nc1ccc(O)cc1. The van der Waals surface area contributed by atoms with Gasteiger partial charge in [0.2, 0.25) is 0 Å². The van der Waals surface area contributed by atoms with Gasteiger partial charge in [-0.15, -0.1) is 0 Å². The van der Waals surface area contributed by atoms with E-state index in [-0.39, 0.29) is 27.8 Å². The summed E-state index contributed by atoms with van der Waals surface area (Å²) in [5.74, 6) is -0.231.